The van der Waals surface area contributed by atoms with Gasteiger partial charge in [-0.2, -0.15) is 0 Å². The average molecular weight is 313 g/mol. The van der Waals surface area contributed by atoms with Gasteiger partial charge in [0.2, 0.25) is 0 Å². The molecular formula is C18H23N3O2. The minimum absolute atomic E-state index is 0.0263. The fraction of sp³-hybridized carbons (Fsp3) is 0.389. The van der Waals surface area contributed by atoms with Crippen molar-refractivity contribution in [3.05, 3.63) is 53.3 Å². The highest BCUT2D eigenvalue weighted by Crippen LogP contribution is 2.22. The fourth-order valence-electron chi connectivity index (χ4n) is 2.91. The molecule has 0 unspecified atom stereocenters. The van der Waals surface area contributed by atoms with E-state index in [1.54, 1.807) is 0 Å². The zero-order chi connectivity index (χ0) is 16.2. The summed E-state index contributed by atoms with van der Waals surface area (Å²) in [6.07, 6.45) is 1.94. The standard InChI is InChI=1S/C18H23N3O2/c1-3-23-10-9-20(2)13-14-6-7-16-15(11-14)12-19-18(22)17-5-4-8-21(16)17/h4-8,11H,3,9-10,12-13H2,1-2H3,(H,19,22). The first-order valence-corrected chi connectivity index (χ1v) is 8.03. The number of ether oxygens (including phenoxy) is 1. The van der Waals surface area contributed by atoms with Gasteiger partial charge in [-0.3, -0.25) is 9.69 Å². The van der Waals surface area contributed by atoms with Crippen LogP contribution in [-0.2, 0) is 17.8 Å². The van der Waals surface area contributed by atoms with Crippen molar-refractivity contribution in [2.45, 2.75) is 20.0 Å². The first kappa shape index (κ1) is 15.8. The Morgan fingerprint density at radius 1 is 1.35 bits per heavy atom. The Morgan fingerprint density at radius 3 is 3.04 bits per heavy atom. The summed E-state index contributed by atoms with van der Waals surface area (Å²) in [5, 5.41) is 2.97. The van der Waals surface area contributed by atoms with E-state index in [4.69, 9.17) is 4.74 Å². The second-order valence-electron chi connectivity index (χ2n) is 5.84. The molecule has 1 amide bonds. The molecule has 0 saturated heterocycles. The minimum atomic E-state index is -0.0263. The topological polar surface area (TPSA) is 46.5 Å². The van der Waals surface area contributed by atoms with Crippen molar-refractivity contribution >= 4 is 5.91 Å². The first-order chi connectivity index (χ1) is 11.2. The molecule has 2 heterocycles. The van der Waals surface area contributed by atoms with Gasteiger partial charge in [0.1, 0.15) is 5.69 Å². The number of benzene rings is 1. The lowest BCUT2D eigenvalue weighted by atomic mass is 10.1. The lowest BCUT2D eigenvalue weighted by molar-refractivity contribution is 0.0946. The van der Waals surface area contributed by atoms with Crippen LogP contribution in [0.3, 0.4) is 0 Å². The van der Waals surface area contributed by atoms with E-state index in [1.807, 2.05) is 29.8 Å². The molecule has 122 valence electrons. The second kappa shape index (κ2) is 6.98. The molecular weight excluding hydrogens is 290 g/mol. The van der Waals surface area contributed by atoms with Gasteiger partial charge in [0.15, 0.2) is 0 Å². The number of likely N-dealkylation sites (N-methyl/N-ethyl adjacent to an activating group) is 1. The number of hydrogen-bond donors (Lipinski definition) is 1. The van der Waals surface area contributed by atoms with Crippen LogP contribution in [0.4, 0.5) is 0 Å². The van der Waals surface area contributed by atoms with Crippen molar-refractivity contribution in [2.24, 2.45) is 0 Å². The van der Waals surface area contributed by atoms with E-state index in [0.717, 1.165) is 37.6 Å². The van der Waals surface area contributed by atoms with Crippen LogP contribution in [0.2, 0.25) is 0 Å². The van der Waals surface area contributed by atoms with Crippen LogP contribution in [0.5, 0.6) is 0 Å². The molecule has 5 heteroatoms. The maximum absolute atomic E-state index is 12.1. The molecule has 1 N–H and O–H groups in total. The maximum Gasteiger partial charge on any atom is 0.268 e. The summed E-state index contributed by atoms with van der Waals surface area (Å²) in [5.41, 5.74) is 4.14. The second-order valence-corrected chi connectivity index (χ2v) is 5.84. The number of nitrogens with one attached hydrogen (secondary N) is 1. The van der Waals surface area contributed by atoms with E-state index in [-0.39, 0.29) is 5.91 Å². The first-order valence-electron chi connectivity index (χ1n) is 8.03. The molecule has 0 bridgehead atoms. The van der Waals surface area contributed by atoms with Gasteiger partial charge in [-0.15, -0.1) is 0 Å². The third-order valence-corrected chi connectivity index (χ3v) is 4.10. The molecule has 1 aliphatic rings. The fourth-order valence-corrected chi connectivity index (χ4v) is 2.91. The van der Waals surface area contributed by atoms with Crippen molar-refractivity contribution in [3.8, 4) is 5.69 Å². The Labute approximate surface area is 136 Å². The van der Waals surface area contributed by atoms with Crippen LogP contribution < -0.4 is 5.32 Å². The summed E-state index contributed by atoms with van der Waals surface area (Å²) < 4.78 is 7.36. The summed E-state index contributed by atoms with van der Waals surface area (Å²) in [6.45, 7) is 5.85. The van der Waals surface area contributed by atoms with E-state index in [9.17, 15) is 4.79 Å². The molecule has 5 nitrogen and oxygen atoms in total. The van der Waals surface area contributed by atoms with E-state index >= 15 is 0 Å². The van der Waals surface area contributed by atoms with Gasteiger partial charge in [0, 0.05) is 32.4 Å². The highest BCUT2D eigenvalue weighted by atomic mass is 16.5. The summed E-state index contributed by atoms with van der Waals surface area (Å²) in [6, 6.07) is 10.2. The quantitative estimate of drug-likeness (QED) is 0.832. The van der Waals surface area contributed by atoms with Crippen LogP contribution >= 0.6 is 0 Å². The van der Waals surface area contributed by atoms with Gasteiger partial charge in [-0.05, 0) is 43.3 Å². The molecule has 0 spiro atoms. The largest absolute Gasteiger partial charge is 0.380 e. The molecule has 0 fully saturated rings. The lowest BCUT2D eigenvalue weighted by Crippen LogP contribution is -2.23. The number of fused-ring (bicyclic) bond motifs is 3. The Hall–Kier alpha value is -2.11. The third kappa shape index (κ3) is 3.46. The predicted octanol–water partition coefficient (Wildman–Crippen LogP) is 2.19. The summed E-state index contributed by atoms with van der Waals surface area (Å²) in [4.78, 5) is 14.3. The highest BCUT2D eigenvalue weighted by molar-refractivity contribution is 5.94. The van der Waals surface area contributed by atoms with Crippen LogP contribution in [-0.4, -0.2) is 42.2 Å². The molecule has 3 rings (SSSR count). The monoisotopic (exact) mass is 313 g/mol. The Morgan fingerprint density at radius 2 is 2.22 bits per heavy atom. The highest BCUT2D eigenvalue weighted by Gasteiger charge is 2.18. The molecule has 1 aliphatic heterocycles. The Kier molecular flexibility index (Phi) is 4.79. The zero-order valence-electron chi connectivity index (χ0n) is 13.7. The summed E-state index contributed by atoms with van der Waals surface area (Å²) in [7, 11) is 2.09. The van der Waals surface area contributed by atoms with Gasteiger partial charge in [0.05, 0.1) is 12.3 Å². The molecule has 0 aliphatic carbocycles. The molecule has 23 heavy (non-hydrogen) atoms. The van der Waals surface area contributed by atoms with Crippen molar-refractivity contribution in [2.75, 3.05) is 26.8 Å². The molecule has 0 saturated carbocycles. The van der Waals surface area contributed by atoms with Crippen LogP contribution in [0.15, 0.2) is 36.5 Å². The van der Waals surface area contributed by atoms with Gasteiger partial charge in [-0.1, -0.05) is 12.1 Å². The number of hydrogen-bond acceptors (Lipinski definition) is 3. The Balaban J connectivity index is 1.78. The molecule has 2 aromatic rings. The number of carbonyl (C=O) groups is 1. The van der Waals surface area contributed by atoms with E-state index in [0.29, 0.717) is 12.2 Å². The summed E-state index contributed by atoms with van der Waals surface area (Å²) in [5.74, 6) is -0.0263. The van der Waals surface area contributed by atoms with Crippen LogP contribution in [0, 0.1) is 0 Å². The van der Waals surface area contributed by atoms with Crippen LogP contribution in [0.1, 0.15) is 28.5 Å². The van der Waals surface area contributed by atoms with Crippen LogP contribution in [0.25, 0.3) is 5.69 Å². The molecule has 1 aromatic carbocycles. The van der Waals surface area contributed by atoms with Gasteiger partial charge >= 0.3 is 0 Å². The maximum atomic E-state index is 12.1. The SMILES string of the molecule is CCOCCN(C)Cc1ccc2c(c1)CNC(=O)c1cccn1-2. The van der Waals surface area contributed by atoms with Gasteiger partial charge in [-0.25, -0.2) is 0 Å². The zero-order valence-corrected chi connectivity index (χ0v) is 13.7. The third-order valence-electron chi connectivity index (χ3n) is 4.10. The van der Waals surface area contributed by atoms with E-state index in [2.05, 4.69) is 35.5 Å². The molecule has 0 radical (unpaired) electrons. The number of rotatable bonds is 6. The summed E-state index contributed by atoms with van der Waals surface area (Å²) >= 11 is 0. The average Bonchev–Trinajstić information content (AvgIpc) is 2.98. The van der Waals surface area contributed by atoms with Gasteiger partial charge < -0.3 is 14.6 Å². The number of amides is 1. The van der Waals surface area contributed by atoms with E-state index < -0.39 is 0 Å². The van der Waals surface area contributed by atoms with Gasteiger partial charge in [0.25, 0.3) is 5.91 Å². The number of aromatic nitrogens is 1. The smallest absolute Gasteiger partial charge is 0.268 e. The van der Waals surface area contributed by atoms with Crippen molar-refractivity contribution in [3.63, 3.8) is 0 Å². The lowest BCUT2D eigenvalue weighted by Gasteiger charge is -2.18. The Bertz CT molecular complexity index is 693. The number of nitrogens with zero attached hydrogens (tertiary/aromatic N) is 2. The van der Waals surface area contributed by atoms with Crippen molar-refractivity contribution in [1.29, 1.82) is 0 Å². The molecule has 1 aromatic heterocycles. The normalized spacial score (nSPS) is 13.4. The number of carbonyl (C=O) groups excluding carboxylic acids is 1. The molecule has 0 atom stereocenters. The predicted molar refractivity (Wildman–Crippen MR) is 89.8 cm³/mol. The van der Waals surface area contributed by atoms with Crippen molar-refractivity contribution in [1.82, 2.24) is 14.8 Å². The van der Waals surface area contributed by atoms with E-state index in [1.165, 1.54) is 5.56 Å². The minimum Gasteiger partial charge on any atom is -0.380 e. The van der Waals surface area contributed by atoms with Crippen molar-refractivity contribution < 1.29 is 9.53 Å².